The maximum Gasteiger partial charge on any atom is 0.338 e. The van der Waals surface area contributed by atoms with Crippen LogP contribution in [0.1, 0.15) is 31.0 Å². The first-order valence-electron chi connectivity index (χ1n) is 11.4. The molecule has 2 heterocycles. The number of aromatic nitrogens is 1. The van der Waals surface area contributed by atoms with Gasteiger partial charge < -0.3 is 9.47 Å². The number of benzene rings is 3. The van der Waals surface area contributed by atoms with Gasteiger partial charge in [0.25, 0.3) is 5.56 Å². The van der Waals surface area contributed by atoms with Crippen molar-refractivity contribution >= 4 is 56.7 Å². The Bertz CT molecular complexity index is 1700. The molecule has 1 atom stereocenters. The minimum atomic E-state index is -0.750. The highest BCUT2D eigenvalue weighted by Crippen LogP contribution is 2.40. The summed E-state index contributed by atoms with van der Waals surface area (Å²) in [5.74, 6) is 0.0908. The van der Waals surface area contributed by atoms with Gasteiger partial charge in [-0.25, -0.2) is 9.79 Å². The fraction of sp³-hybridized carbons (Fsp3) is 0.179. The zero-order valence-electron chi connectivity index (χ0n) is 19.9. The van der Waals surface area contributed by atoms with Gasteiger partial charge in [-0.1, -0.05) is 53.8 Å². The lowest BCUT2D eigenvalue weighted by molar-refractivity contribution is -0.139. The average Bonchev–Trinajstić information content (AvgIpc) is 3.18. The SMILES string of the molecule is CCOC(=O)C1=C(C)N=c2s/c(=C\c3ccc(I)cc3)c(=O)n2C1c1c(OC)ccc2ccccc12. The van der Waals surface area contributed by atoms with E-state index in [4.69, 9.17) is 9.47 Å². The van der Waals surface area contributed by atoms with Crippen molar-refractivity contribution in [2.45, 2.75) is 19.9 Å². The number of esters is 1. The second kappa shape index (κ2) is 10.0. The van der Waals surface area contributed by atoms with Crippen molar-refractivity contribution < 1.29 is 14.3 Å². The van der Waals surface area contributed by atoms with E-state index in [0.29, 0.717) is 26.4 Å². The summed E-state index contributed by atoms with van der Waals surface area (Å²) >= 11 is 3.56. The van der Waals surface area contributed by atoms with Gasteiger partial charge in [-0.15, -0.1) is 0 Å². The largest absolute Gasteiger partial charge is 0.496 e. The van der Waals surface area contributed by atoms with E-state index in [-0.39, 0.29) is 12.2 Å². The third-order valence-electron chi connectivity index (χ3n) is 6.11. The molecule has 0 bridgehead atoms. The van der Waals surface area contributed by atoms with Crippen LogP contribution >= 0.6 is 33.9 Å². The Balaban J connectivity index is 1.84. The highest BCUT2D eigenvalue weighted by molar-refractivity contribution is 14.1. The Kier molecular flexibility index (Phi) is 6.81. The van der Waals surface area contributed by atoms with Gasteiger partial charge in [0, 0.05) is 9.13 Å². The van der Waals surface area contributed by atoms with Crippen molar-refractivity contribution in [1.82, 2.24) is 4.57 Å². The predicted octanol–water partition coefficient (Wildman–Crippen LogP) is 4.56. The Morgan fingerprint density at radius 2 is 1.89 bits per heavy atom. The van der Waals surface area contributed by atoms with Gasteiger partial charge in [0.05, 0.1) is 29.5 Å². The molecule has 1 aromatic heterocycles. The van der Waals surface area contributed by atoms with Crippen LogP contribution in [0.2, 0.25) is 0 Å². The van der Waals surface area contributed by atoms with Gasteiger partial charge in [-0.2, -0.15) is 0 Å². The summed E-state index contributed by atoms with van der Waals surface area (Å²) in [5.41, 5.74) is 2.29. The standard InChI is InChI=1S/C28H23IN2O4S/c1-4-35-27(33)23-16(2)30-28-31(26(32)22(36-28)15-17-9-12-19(29)13-10-17)25(23)24-20-8-6-5-7-18(20)11-14-21(24)34-3/h5-15,25H,4H2,1-3H3/b22-15-. The summed E-state index contributed by atoms with van der Waals surface area (Å²) in [5, 5.41) is 1.87. The van der Waals surface area contributed by atoms with Crippen molar-refractivity contribution in [2.75, 3.05) is 13.7 Å². The van der Waals surface area contributed by atoms with E-state index in [9.17, 15) is 9.59 Å². The molecule has 8 heteroatoms. The van der Waals surface area contributed by atoms with Crippen LogP contribution in [-0.2, 0) is 9.53 Å². The molecule has 0 radical (unpaired) electrons. The van der Waals surface area contributed by atoms with Gasteiger partial charge in [-0.05, 0) is 77.0 Å². The molecule has 0 saturated heterocycles. The van der Waals surface area contributed by atoms with Crippen LogP contribution in [0.4, 0.5) is 0 Å². The third-order valence-corrected chi connectivity index (χ3v) is 7.81. The van der Waals surface area contributed by atoms with Crippen LogP contribution < -0.4 is 19.6 Å². The molecule has 1 aliphatic rings. The molecule has 0 aliphatic carbocycles. The fourth-order valence-electron chi connectivity index (χ4n) is 4.51. The molecule has 0 spiro atoms. The first-order valence-corrected chi connectivity index (χ1v) is 13.3. The van der Waals surface area contributed by atoms with Crippen LogP contribution in [0, 0.1) is 3.57 Å². The summed E-state index contributed by atoms with van der Waals surface area (Å²) in [6, 6.07) is 18.9. The number of methoxy groups -OCH3 is 1. The van der Waals surface area contributed by atoms with Crippen molar-refractivity contribution in [1.29, 1.82) is 0 Å². The quantitative estimate of drug-likeness (QED) is 0.246. The number of fused-ring (bicyclic) bond motifs is 2. The highest BCUT2D eigenvalue weighted by Gasteiger charge is 2.36. The number of carbonyl (C=O) groups is 1. The minimum Gasteiger partial charge on any atom is -0.496 e. The van der Waals surface area contributed by atoms with Gasteiger partial charge in [0.2, 0.25) is 0 Å². The topological polar surface area (TPSA) is 69.9 Å². The summed E-state index contributed by atoms with van der Waals surface area (Å²) in [6.45, 7) is 3.76. The molecule has 0 fully saturated rings. The van der Waals surface area contributed by atoms with E-state index in [1.54, 1.807) is 25.5 Å². The van der Waals surface area contributed by atoms with Crippen molar-refractivity contribution in [2.24, 2.45) is 4.99 Å². The monoisotopic (exact) mass is 610 g/mol. The van der Waals surface area contributed by atoms with Gasteiger partial charge in [-0.3, -0.25) is 9.36 Å². The molecule has 1 unspecified atom stereocenters. The number of hydrogen-bond donors (Lipinski definition) is 0. The van der Waals surface area contributed by atoms with Crippen molar-refractivity contribution in [3.05, 3.63) is 106 Å². The Hall–Kier alpha value is -3.24. The maximum atomic E-state index is 13.9. The van der Waals surface area contributed by atoms with Crippen LogP contribution in [0.5, 0.6) is 5.75 Å². The number of halogens is 1. The van der Waals surface area contributed by atoms with Crippen LogP contribution in [-0.4, -0.2) is 24.3 Å². The first-order chi connectivity index (χ1) is 17.4. The second-order valence-corrected chi connectivity index (χ2v) is 10.5. The molecule has 0 saturated carbocycles. The third kappa shape index (κ3) is 4.28. The number of allylic oxidation sites excluding steroid dienone is 1. The molecular weight excluding hydrogens is 587 g/mol. The lowest BCUT2D eigenvalue weighted by Crippen LogP contribution is -2.40. The van der Waals surface area contributed by atoms with E-state index >= 15 is 0 Å². The summed E-state index contributed by atoms with van der Waals surface area (Å²) in [6.07, 6.45) is 1.86. The number of rotatable bonds is 5. The zero-order valence-corrected chi connectivity index (χ0v) is 22.9. The molecule has 182 valence electrons. The number of hydrogen-bond acceptors (Lipinski definition) is 6. The molecule has 4 aromatic rings. The number of nitrogens with zero attached hydrogens (tertiary/aromatic N) is 2. The van der Waals surface area contributed by atoms with Crippen LogP contribution in [0.3, 0.4) is 0 Å². The van der Waals surface area contributed by atoms with E-state index in [1.165, 1.54) is 11.3 Å². The van der Waals surface area contributed by atoms with Gasteiger partial charge in [0.1, 0.15) is 11.8 Å². The Morgan fingerprint density at radius 1 is 1.14 bits per heavy atom. The molecule has 0 N–H and O–H groups in total. The summed E-state index contributed by atoms with van der Waals surface area (Å²) < 4.78 is 14.5. The lowest BCUT2D eigenvalue weighted by atomic mass is 9.90. The zero-order chi connectivity index (χ0) is 25.4. The molecule has 6 nitrogen and oxygen atoms in total. The van der Waals surface area contributed by atoms with Gasteiger partial charge in [0.15, 0.2) is 4.80 Å². The molecular formula is C28H23IN2O4S. The summed E-state index contributed by atoms with van der Waals surface area (Å²) in [7, 11) is 1.59. The van der Waals surface area contributed by atoms with Crippen LogP contribution in [0.25, 0.3) is 16.8 Å². The molecule has 5 rings (SSSR count). The maximum absolute atomic E-state index is 13.9. The molecule has 36 heavy (non-hydrogen) atoms. The number of carbonyl (C=O) groups excluding carboxylic acids is 1. The molecule has 3 aromatic carbocycles. The fourth-order valence-corrected chi connectivity index (χ4v) is 5.92. The molecule has 0 amide bonds. The van der Waals surface area contributed by atoms with Gasteiger partial charge >= 0.3 is 5.97 Å². The first kappa shape index (κ1) is 24.5. The Labute approximate surface area is 225 Å². The highest BCUT2D eigenvalue weighted by atomic mass is 127. The van der Waals surface area contributed by atoms with Crippen molar-refractivity contribution in [3.63, 3.8) is 0 Å². The smallest absolute Gasteiger partial charge is 0.338 e. The molecule has 1 aliphatic heterocycles. The van der Waals surface area contributed by atoms with E-state index in [2.05, 4.69) is 27.6 Å². The van der Waals surface area contributed by atoms with Crippen LogP contribution in [0.15, 0.2) is 81.7 Å². The summed E-state index contributed by atoms with van der Waals surface area (Å²) in [4.78, 5) is 32.4. The normalized spacial score (nSPS) is 15.6. The second-order valence-electron chi connectivity index (χ2n) is 8.26. The van der Waals surface area contributed by atoms with E-state index in [1.807, 2.05) is 66.7 Å². The number of thiazole rings is 1. The predicted molar refractivity (Wildman–Crippen MR) is 150 cm³/mol. The average molecular weight is 610 g/mol. The van der Waals surface area contributed by atoms with E-state index in [0.717, 1.165) is 25.5 Å². The lowest BCUT2D eigenvalue weighted by Gasteiger charge is -2.27. The minimum absolute atomic E-state index is 0.215. The Morgan fingerprint density at radius 3 is 2.61 bits per heavy atom. The number of ether oxygens (including phenoxy) is 2. The van der Waals surface area contributed by atoms with E-state index < -0.39 is 12.0 Å². The van der Waals surface area contributed by atoms with Crippen molar-refractivity contribution in [3.8, 4) is 5.75 Å².